The van der Waals surface area contributed by atoms with E-state index in [-0.39, 0.29) is 5.91 Å². The molecule has 5 rings (SSSR count). The van der Waals surface area contributed by atoms with E-state index in [4.69, 9.17) is 4.74 Å². The molecule has 0 radical (unpaired) electrons. The van der Waals surface area contributed by atoms with Gasteiger partial charge in [-0.2, -0.15) is 0 Å². The molecule has 7 heteroatoms. The first-order valence-corrected chi connectivity index (χ1v) is 12.3. The Kier molecular flexibility index (Phi) is 6.29. The van der Waals surface area contributed by atoms with Gasteiger partial charge in [0.15, 0.2) is 5.13 Å². The van der Waals surface area contributed by atoms with Crippen molar-refractivity contribution in [3.8, 4) is 5.75 Å². The topological polar surface area (TPSA) is 54.5 Å². The number of ether oxygens (including phenoxy) is 1. The van der Waals surface area contributed by atoms with Crippen LogP contribution in [0.3, 0.4) is 0 Å². The van der Waals surface area contributed by atoms with Crippen LogP contribution in [0.5, 0.6) is 5.75 Å². The molecule has 0 saturated carbocycles. The van der Waals surface area contributed by atoms with Crippen LogP contribution >= 0.6 is 22.7 Å². The molecular formula is C25H23N3O2S2. The average Bonchev–Trinajstić information content (AvgIpc) is 3.55. The predicted octanol–water partition coefficient (Wildman–Crippen LogP) is 5.59. The van der Waals surface area contributed by atoms with Gasteiger partial charge >= 0.3 is 0 Å². The number of carbonyl (C=O) groups excluding carboxylic acids is 1. The molecule has 0 atom stereocenters. The van der Waals surface area contributed by atoms with Crippen LogP contribution in [0.1, 0.15) is 31.9 Å². The number of thiophene rings is 1. The average molecular weight is 462 g/mol. The van der Waals surface area contributed by atoms with Crippen LogP contribution in [-0.4, -0.2) is 22.4 Å². The molecule has 2 aromatic heterocycles. The summed E-state index contributed by atoms with van der Waals surface area (Å²) in [5.41, 5.74) is 4.39. The molecule has 3 heterocycles. The van der Waals surface area contributed by atoms with Gasteiger partial charge in [0, 0.05) is 48.1 Å². The maximum absolute atomic E-state index is 12.9. The maximum atomic E-state index is 12.9. The summed E-state index contributed by atoms with van der Waals surface area (Å²) in [6.45, 7) is 3.17. The Bertz CT molecular complexity index is 1160. The van der Waals surface area contributed by atoms with E-state index in [0.717, 1.165) is 37.4 Å². The molecule has 1 N–H and O–H groups in total. The van der Waals surface area contributed by atoms with Gasteiger partial charge in [0.25, 0.3) is 5.91 Å². The molecule has 0 unspecified atom stereocenters. The van der Waals surface area contributed by atoms with Crippen LogP contribution in [0, 0.1) is 0 Å². The second-order valence-corrected chi connectivity index (χ2v) is 9.68. The van der Waals surface area contributed by atoms with Crippen LogP contribution in [-0.2, 0) is 26.1 Å². The van der Waals surface area contributed by atoms with E-state index in [9.17, 15) is 4.79 Å². The summed E-state index contributed by atoms with van der Waals surface area (Å²) in [6.07, 6.45) is 2.53. The van der Waals surface area contributed by atoms with Gasteiger partial charge in [-0.1, -0.05) is 30.3 Å². The van der Waals surface area contributed by atoms with Gasteiger partial charge in [-0.15, -0.1) is 22.7 Å². The van der Waals surface area contributed by atoms with Gasteiger partial charge in [0.2, 0.25) is 0 Å². The molecule has 0 bridgehead atoms. The first kappa shape index (κ1) is 20.9. The number of hydrogen-bond donors (Lipinski definition) is 1. The quantitative estimate of drug-likeness (QED) is 0.371. The summed E-state index contributed by atoms with van der Waals surface area (Å²) in [4.78, 5) is 20.7. The van der Waals surface area contributed by atoms with Crippen LogP contribution in [0.4, 0.5) is 5.13 Å². The van der Waals surface area contributed by atoms with Crippen molar-refractivity contribution in [1.29, 1.82) is 0 Å². The molecular weight excluding hydrogens is 438 g/mol. The van der Waals surface area contributed by atoms with Crippen molar-refractivity contribution in [3.05, 3.63) is 98.7 Å². The third-order valence-electron chi connectivity index (χ3n) is 5.39. The van der Waals surface area contributed by atoms with Crippen molar-refractivity contribution in [2.75, 3.05) is 11.9 Å². The molecule has 32 heavy (non-hydrogen) atoms. The molecule has 2 aromatic carbocycles. The number of aromatic nitrogens is 1. The number of carbonyl (C=O) groups is 1. The lowest BCUT2D eigenvalue weighted by atomic mass is 10.1. The molecule has 4 aromatic rings. The molecule has 0 aliphatic carbocycles. The van der Waals surface area contributed by atoms with E-state index in [2.05, 4.69) is 63.0 Å². The molecule has 0 spiro atoms. The fourth-order valence-electron chi connectivity index (χ4n) is 3.92. The van der Waals surface area contributed by atoms with Gasteiger partial charge in [-0.3, -0.25) is 15.0 Å². The van der Waals surface area contributed by atoms with Crippen LogP contribution in [0.15, 0.2) is 71.6 Å². The summed E-state index contributed by atoms with van der Waals surface area (Å²) in [5, 5.41) is 7.39. The zero-order valence-corrected chi connectivity index (χ0v) is 19.1. The number of benzene rings is 2. The summed E-state index contributed by atoms with van der Waals surface area (Å²) >= 11 is 3.13. The fraction of sp³-hybridized carbons (Fsp3) is 0.200. The largest absolute Gasteiger partial charge is 0.493 e. The van der Waals surface area contributed by atoms with Gasteiger partial charge in [0.05, 0.1) is 6.61 Å². The number of amides is 1. The standard InChI is InChI=1S/C25H23N3O2S2/c29-24(27-25-26-8-11-32-25)21-12-18(15-28-16-19-4-1-2-5-20(19)17-28)13-22(14-21)30-9-7-23-6-3-10-31-23/h1-6,8,10-14H,7,9,15-17H2,(H,26,27,29). The third kappa shape index (κ3) is 5.07. The SMILES string of the molecule is O=C(Nc1nccs1)c1cc(CN2Cc3ccccc3C2)cc(OCCc2cccs2)c1. The molecule has 1 aliphatic rings. The maximum Gasteiger partial charge on any atom is 0.257 e. The molecule has 0 saturated heterocycles. The summed E-state index contributed by atoms with van der Waals surface area (Å²) in [6, 6.07) is 18.5. The molecule has 1 aliphatic heterocycles. The minimum absolute atomic E-state index is 0.172. The Morgan fingerprint density at radius 1 is 1.03 bits per heavy atom. The highest BCUT2D eigenvalue weighted by atomic mass is 32.1. The highest BCUT2D eigenvalue weighted by Gasteiger charge is 2.19. The number of rotatable bonds is 8. The van der Waals surface area contributed by atoms with Crippen molar-refractivity contribution in [2.45, 2.75) is 26.1 Å². The zero-order chi connectivity index (χ0) is 21.8. The monoisotopic (exact) mass is 461 g/mol. The summed E-state index contributed by atoms with van der Waals surface area (Å²) in [5.74, 6) is 0.551. The lowest BCUT2D eigenvalue weighted by molar-refractivity contribution is 0.102. The van der Waals surface area contributed by atoms with Gasteiger partial charge in [0.1, 0.15) is 5.75 Å². The predicted molar refractivity (Wildman–Crippen MR) is 129 cm³/mol. The van der Waals surface area contributed by atoms with Gasteiger partial charge < -0.3 is 4.74 Å². The molecule has 1 amide bonds. The lowest BCUT2D eigenvalue weighted by Gasteiger charge is -2.17. The Morgan fingerprint density at radius 2 is 1.88 bits per heavy atom. The van der Waals surface area contributed by atoms with E-state index in [0.29, 0.717) is 17.3 Å². The van der Waals surface area contributed by atoms with E-state index < -0.39 is 0 Å². The van der Waals surface area contributed by atoms with Crippen molar-refractivity contribution in [2.24, 2.45) is 0 Å². The lowest BCUT2D eigenvalue weighted by Crippen LogP contribution is -2.17. The minimum Gasteiger partial charge on any atom is -0.493 e. The van der Waals surface area contributed by atoms with E-state index in [1.165, 1.54) is 27.3 Å². The van der Waals surface area contributed by atoms with Crippen molar-refractivity contribution >= 4 is 33.7 Å². The highest BCUT2D eigenvalue weighted by Crippen LogP contribution is 2.26. The Balaban J connectivity index is 1.33. The molecule has 5 nitrogen and oxygen atoms in total. The van der Waals surface area contributed by atoms with E-state index >= 15 is 0 Å². The zero-order valence-electron chi connectivity index (χ0n) is 17.5. The highest BCUT2D eigenvalue weighted by molar-refractivity contribution is 7.13. The normalized spacial score (nSPS) is 13.1. The van der Waals surface area contributed by atoms with Crippen molar-refractivity contribution < 1.29 is 9.53 Å². The van der Waals surface area contributed by atoms with Crippen LogP contribution in [0.25, 0.3) is 0 Å². The van der Waals surface area contributed by atoms with E-state index in [1.54, 1.807) is 17.5 Å². The molecule has 0 fully saturated rings. The Hall–Kier alpha value is -3.00. The Morgan fingerprint density at radius 3 is 2.59 bits per heavy atom. The van der Waals surface area contributed by atoms with E-state index in [1.807, 2.05) is 17.5 Å². The first-order chi connectivity index (χ1) is 15.7. The second kappa shape index (κ2) is 9.65. The third-order valence-corrected chi connectivity index (χ3v) is 7.02. The summed E-state index contributed by atoms with van der Waals surface area (Å²) < 4.78 is 6.07. The van der Waals surface area contributed by atoms with Gasteiger partial charge in [-0.25, -0.2) is 4.98 Å². The van der Waals surface area contributed by atoms with Crippen LogP contribution in [0.2, 0.25) is 0 Å². The number of nitrogens with zero attached hydrogens (tertiary/aromatic N) is 2. The number of nitrogens with one attached hydrogen (secondary N) is 1. The summed E-state index contributed by atoms with van der Waals surface area (Å²) in [7, 11) is 0. The number of hydrogen-bond acceptors (Lipinski definition) is 6. The number of thiazole rings is 1. The smallest absolute Gasteiger partial charge is 0.257 e. The first-order valence-electron chi connectivity index (χ1n) is 10.5. The number of anilines is 1. The fourth-order valence-corrected chi connectivity index (χ4v) is 5.13. The Labute approximate surface area is 195 Å². The second-order valence-electron chi connectivity index (χ2n) is 7.75. The van der Waals surface area contributed by atoms with Crippen molar-refractivity contribution in [1.82, 2.24) is 9.88 Å². The number of fused-ring (bicyclic) bond motifs is 1. The van der Waals surface area contributed by atoms with Crippen LogP contribution < -0.4 is 10.1 Å². The van der Waals surface area contributed by atoms with Gasteiger partial charge in [-0.05, 0) is 46.3 Å². The van der Waals surface area contributed by atoms with Crippen molar-refractivity contribution in [3.63, 3.8) is 0 Å². The molecule has 162 valence electrons. The minimum atomic E-state index is -0.172.